The molecule has 1 atom stereocenters. The van der Waals surface area contributed by atoms with Crippen molar-refractivity contribution in [3.63, 3.8) is 0 Å². The maximum atomic E-state index is 11.9. The van der Waals surface area contributed by atoms with Crippen molar-refractivity contribution in [1.82, 2.24) is 5.32 Å². The van der Waals surface area contributed by atoms with Crippen LogP contribution in [0.5, 0.6) is 0 Å². The quantitative estimate of drug-likeness (QED) is 0.882. The standard InChI is InChI=1S/C15H19N3O4/c1-16-8-13-9-18(15(20)22-13)12-4-2-11(3-5-12)17-6-7-21-10-14(17)19/h2-5,13,16H,6-10H2,1H3/t13-/m0/s1. The number of likely N-dealkylation sites (N-methyl/N-ethyl adjacent to an activating group) is 1. The molecule has 0 aliphatic carbocycles. The summed E-state index contributed by atoms with van der Waals surface area (Å²) in [6.45, 7) is 2.36. The smallest absolute Gasteiger partial charge is 0.414 e. The van der Waals surface area contributed by atoms with Gasteiger partial charge in [-0.25, -0.2) is 4.79 Å². The Labute approximate surface area is 128 Å². The van der Waals surface area contributed by atoms with Gasteiger partial charge >= 0.3 is 6.09 Å². The highest BCUT2D eigenvalue weighted by Crippen LogP contribution is 2.25. The van der Waals surface area contributed by atoms with E-state index in [0.29, 0.717) is 26.2 Å². The van der Waals surface area contributed by atoms with Crippen LogP contribution in [0.3, 0.4) is 0 Å². The predicted molar refractivity (Wildman–Crippen MR) is 81.2 cm³/mol. The van der Waals surface area contributed by atoms with E-state index >= 15 is 0 Å². The summed E-state index contributed by atoms with van der Waals surface area (Å²) in [7, 11) is 1.82. The normalized spacial score (nSPS) is 22.1. The third-order valence-electron chi connectivity index (χ3n) is 3.76. The van der Waals surface area contributed by atoms with Gasteiger partial charge in [-0.1, -0.05) is 0 Å². The molecule has 0 radical (unpaired) electrons. The number of hydrogen-bond acceptors (Lipinski definition) is 5. The molecule has 2 saturated heterocycles. The second-order valence-corrected chi connectivity index (χ2v) is 5.29. The van der Waals surface area contributed by atoms with Crippen LogP contribution in [0.4, 0.5) is 16.2 Å². The Bertz CT molecular complexity index is 560. The summed E-state index contributed by atoms with van der Waals surface area (Å²) in [6, 6.07) is 7.36. The first-order valence-electron chi connectivity index (χ1n) is 7.30. The van der Waals surface area contributed by atoms with E-state index in [2.05, 4.69) is 5.32 Å². The van der Waals surface area contributed by atoms with Gasteiger partial charge in [-0.3, -0.25) is 9.69 Å². The molecule has 0 spiro atoms. The molecular weight excluding hydrogens is 286 g/mol. The number of morpholine rings is 1. The lowest BCUT2D eigenvalue weighted by Crippen LogP contribution is -2.41. The van der Waals surface area contributed by atoms with E-state index in [9.17, 15) is 9.59 Å². The van der Waals surface area contributed by atoms with Crippen LogP contribution in [-0.2, 0) is 14.3 Å². The fourth-order valence-electron chi connectivity index (χ4n) is 2.67. The van der Waals surface area contributed by atoms with Gasteiger partial charge in [0, 0.05) is 24.5 Å². The molecule has 1 N–H and O–H groups in total. The number of nitrogens with zero attached hydrogens (tertiary/aromatic N) is 2. The Kier molecular flexibility index (Phi) is 4.26. The zero-order valence-electron chi connectivity index (χ0n) is 12.4. The van der Waals surface area contributed by atoms with Gasteiger partial charge in [-0.05, 0) is 31.3 Å². The molecular formula is C15H19N3O4. The van der Waals surface area contributed by atoms with E-state index in [-0.39, 0.29) is 24.7 Å². The maximum Gasteiger partial charge on any atom is 0.414 e. The molecule has 2 amide bonds. The molecule has 118 valence electrons. The Morgan fingerprint density at radius 3 is 2.50 bits per heavy atom. The average molecular weight is 305 g/mol. The van der Waals surface area contributed by atoms with Crippen molar-refractivity contribution >= 4 is 23.4 Å². The fraction of sp³-hybridized carbons (Fsp3) is 0.467. The summed E-state index contributed by atoms with van der Waals surface area (Å²) >= 11 is 0. The average Bonchev–Trinajstić information content (AvgIpc) is 2.89. The van der Waals surface area contributed by atoms with E-state index in [1.54, 1.807) is 9.80 Å². The van der Waals surface area contributed by atoms with Crippen molar-refractivity contribution in [2.75, 3.05) is 49.7 Å². The first-order chi connectivity index (χ1) is 10.7. The molecule has 0 bridgehead atoms. The zero-order valence-corrected chi connectivity index (χ0v) is 12.4. The second-order valence-electron chi connectivity index (χ2n) is 5.29. The van der Waals surface area contributed by atoms with Crippen LogP contribution in [0, 0.1) is 0 Å². The van der Waals surface area contributed by atoms with Gasteiger partial charge in [0.1, 0.15) is 12.7 Å². The number of carbonyl (C=O) groups excluding carboxylic acids is 2. The molecule has 2 aliphatic rings. The topological polar surface area (TPSA) is 71.1 Å². The summed E-state index contributed by atoms with van der Waals surface area (Å²) in [5.41, 5.74) is 1.59. The molecule has 0 aromatic heterocycles. The number of carbonyl (C=O) groups is 2. The van der Waals surface area contributed by atoms with Gasteiger partial charge in [0.2, 0.25) is 0 Å². The van der Waals surface area contributed by atoms with E-state index < -0.39 is 0 Å². The van der Waals surface area contributed by atoms with Gasteiger partial charge in [0.05, 0.1) is 13.2 Å². The summed E-state index contributed by atoms with van der Waals surface area (Å²) in [5.74, 6) is -0.0475. The Morgan fingerprint density at radius 1 is 1.18 bits per heavy atom. The van der Waals surface area contributed by atoms with E-state index in [1.165, 1.54) is 0 Å². The van der Waals surface area contributed by atoms with Crippen molar-refractivity contribution in [3.05, 3.63) is 24.3 Å². The van der Waals surface area contributed by atoms with Crippen molar-refractivity contribution < 1.29 is 19.1 Å². The Morgan fingerprint density at radius 2 is 1.86 bits per heavy atom. The lowest BCUT2D eigenvalue weighted by atomic mass is 10.2. The van der Waals surface area contributed by atoms with Crippen LogP contribution < -0.4 is 15.1 Å². The SMILES string of the molecule is CNC[C@H]1CN(c2ccc(N3CCOCC3=O)cc2)C(=O)O1. The highest BCUT2D eigenvalue weighted by Gasteiger charge is 2.32. The molecule has 7 heteroatoms. The number of ether oxygens (including phenoxy) is 2. The van der Waals surface area contributed by atoms with Crippen LogP contribution >= 0.6 is 0 Å². The molecule has 7 nitrogen and oxygen atoms in total. The number of cyclic esters (lactones) is 1. The number of nitrogens with one attached hydrogen (secondary N) is 1. The van der Waals surface area contributed by atoms with Gasteiger partial charge in [0.25, 0.3) is 5.91 Å². The number of benzene rings is 1. The summed E-state index contributed by atoms with van der Waals surface area (Å²) in [4.78, 5) is 27.0. The summed E-state index contributed by atoms with van der Waals surface area (Å²) in [6.07, 6.45) is -0.478. The minimum absolute atomic E-state index is 0.0475. The molecule has 2 heterocycles. The van der Waals surface area contributed by atoms with Crippen molar-refractivity contribution in [2.45, 2.75) is 6.10 Å². The molecule has 1 aromatic carbocycles. The Balaban J connectivity index is 1.71. The highest BCUT2D eigenvalue weighted by atomic mass is 16.6. The zero-order chi connectivity index (χ0) is 15.5. The van der Waals surface area contributed by atoms with Crippen LogP contribution in [0.1, 0.15) is 0 Å². The fourth-order valence-corrected chi connectivity index (χ4v) is 2.67. The summed E-state index contributed by atoms with van der Waals surface area (Å²) < 4.78 is 10.4. The van der Waals surface area contributed by atoms with E-state index in [4.69, 9.17) is 9.47 Å². The molecule has 3 rings (SSSR count). The van der Waals surface area contributed by atoms with Crippen LogP contribution in [-0.4, -0.2) is 58.0 Å². The molecule has 1 aromatic rings. The number of hydrogen-bond donors (Lipinski definition) is 1. The highest BCUT2D eigenvalue weighted by molar-refractivity contribution is 5.95. The first kappa shape index (κ1) is 14.8. The monoisotopic (exact) mass is 305 g/mol. The van der Waals surface area contributed by atoms with Crippen LogP contribution in [0.15, 0.2) is 24.3 Å². The van der Waals surface area contributed by atoms with Crippen molar-refractivity contribution in [1.29, 1.82) is 0 Å². The predicted octanol–water partition coefficient (Wildman–Crippen LogP) is 0.594. The molecule has 2 aliphatic heterocycles. The first-order valence-corrected chi connectivity index (χ1v) is 7.30. The minimum atomic E-state index is -0.338. The lowest BCUT2D eigenvalue weighted by molar-refractivity contribution is -0.125. The van der Waals surface area contributed by atoms with Crippen LogP contribution in [0.2, 0.25) is 0 Å². The van der Waals surface area contributed by atoms with E-state index in [0.717, 1.165) is 11.4 Å². The van der Waals surface area contributed by atoms with Gasteiger partial charge in [-0.15, -0.1) is 0 Å². The molecule has 0 unspecified atom stereocenters. The van der Waals surface area contributed by atoms with Crippen molar-refractivity contribution in [2.24, 2.45) is 0 Å². The minimum Gasteiger partial charge on any atom is -0.443 e. The number of rotatable bonds is 4. The molecule has 2 fully saturated rings. The number of amides is 2. The lowest BCUT2D eigenvalue weighted by Gasteiger charge is -2.27. The summed E-state index contributed by atoms with van der Waals surface area (Å²) in [5, 5.41) is 3.00. The largest absolute Gasteiger partial charge is 0.443 e. The third kappa shape index (κ3) is 2.90. The number of anilines is 2. The van der Waals surface area contributed by atoms with Gasteiger partial charge in [-0.2, -0.15) is 0 Å². The second kappa shape index (κ2) is 6.33. The van der Waals surface area contributed by atoms with E-state index in [1.807, 2.05) is 31.3 Å². The van der Waals surface area contributed by atoms with Crippen molar-refractivity contribution in [3.8, 4) is 0 Å². The molecule has 22 heavy (non-hydrogen) atoms. The Hall–Kier alpha value is -2.12. The molecule has 0 saturated carbocycles. The van der Waals surface area contributed by atoms with Crippen LogP contribution in [0.25, 0.3) is 0 Å². The van der Waals surface area contributed by atoms with Gasteiger partial charge < -0.3 is 19.7 Å². The van der Waals surface area contributed by atoms with Gasteiger partial charge in [0.15, 0.2) is 0 Å². The third-order valence-corrected chi connectivity index (χ3v) is 3.76. The maximum absolute atomic E-state index is 11.9.